The second-order valence-electron chi connectivity index (χ2n) is 4.27. The van der Waals surface area contributed by atoms with E-state index in [2.05, 4.69) is 5.32 Å². The first-order chi connectivity index (χ1) is 9.77. The van der Waals surface area contributed by atoms with Crippen molar-refractivity contribution in [1.82, 2.24) is 5.32 Å². The first-order valence-electron chi connectivity index (χ1n) is 6.06. The molecule has 0 bridgehead atoms. The Kier molecular flexibility index (Phi) is 6.19. The van der Waals surface area contributed by atoms with Gasteiger partial charge in [0.1, 0.15) is 0 Å². The van der Waals surface area contributed by atoms with Gasteiger partial charge in [-0.25, -0.2) is 22.3 Å². The third-order valence-corrected chi connectivity index (χ3v) is 3.53. The van der Waals surface area contributed by atoms with Gasteiger partial charge in [0, 0.05) is 20.3 Å². The Morgan fingerprint density at radius 1 is 1.33 bits per heavy atom. The molecule has 0 aliphatic heterocycles. The van der Waals surface area contributed by atoms with E-state index in [4.69, 9.17) is 9.88 Å². The number of ether oxygens (including phenoxy) is 1. The molecule has 0 saturated carbocycles. The summed E-state index contributed by atoms with van der Waals surface area (Å²) in [5.41, 5.74) is -0.703. The Balaban J connectivity index is 2.86. The summed E-state index contributed by atoms with van der Waals surface area (Å²) < 4.78 is 54.0. The Bertz CT molecular complexity index is 620. The summed E-state index contributed by atoms with van der Waals surface area (Å²) >= 11 is 0. The van der Waals surface area contributed by atoms with Crippen LogP contribution in [-0.2, 0) is 14.8 Å². The van der Waals surface area contributed by atoms with E-state index >= 15 is 0 Å². The van der Waals surface area contributed by atoms with Gasteiger partial charge >= 0.3 is 0 Å². The Labute approximate surface area is 121 Å². The van der Waals surface area contributed by atoms with Crippen LogP contribution in [0.4, 0.5) is 8.78 Å². The number of hydrogen-bond acceptors (Lipinski definition) is 4. The zero-order valence-corrected chi connectivity index (χ0v) is 12.2. The molecule has 6 nitrogen and oxygen atoms in total. The number of nitrogens with two attached hydrogens (primary N) is 1. The fourth-order valence-electron chi connectivity index (χ4n) is 1.56. The molecule has 0 fully saturated rings. The summed E-state index contributed by atoms with van der Waals surface area (Å²) in [5.74, 6) is -3.78. The van der Waals surface area contributed by atoms with Gasteiger partial charge in [-0.3, -0.25) is 4.79 Å². The van der Waals surface area contributed by atoms with Crippen LogP contribution in [0.5, 0.6) is 0 Å². The number of primary sulfonamides is 1. The third kappa shape index (κ3) is 5.03. The molecule has 0 unspecified atom stereocenters. The van der Waals surface area contributed by atoms with Crippen molar-refractivity contribution in [1.29, 1.82) is 0 Å². The third-order valence-electron chi connectivity index (χ3n) is 2.64. The SMILES string of the molecule is COCCCCNC(=O)c1cc(S(N)(=O)=O)cc(F)c1F. The normalized spacial score (nSPS) is 11.4. The van der Waals surface area contributed by atoms with Crippen LogP contribution < -0.4 is 10.5 Å². The number of rotatable bonds is 7. The van der Waals surface area contributed by atoms with Crippen molar-refractivity contribution >= 4 is 15.9 Å². The van der Waals surface area contributed by atoms with Crippen molar-refractivity contribution in [3.05, 3.63) is 29.3 Å². The Morgan fingerprint density at radius 2 is 2.00 bits per heavy atom. The van der Waals surface area contributed by atoms with Crippen LogP contribution in [0.1, 0.15) is 23.2 Å². The second kappa shape index (κ2) is 7.43. The molecule has 3 N–H and O–H groups in total. The van der Waals surface area contributed by atoms with Crippen LogP contribution in [0.25, 0.3) is 0 Å². The molecule has 0 heterocycles. The van der Waals surface area contributed by atoms with Gasteiger partial charge in [-0.2, -0.15) is 0 Å². The van der Waals surface area contributed by atoms with Crippen LogP contribution >= 0.6 is 0 Å². The number of benzene rings is 1. The molecule has 1 amide bonds. The standard InChI is InChI=1S/C12H16F2N2O4S/c1-20-5-3-2-4-16-12(17)9-6-8(21(15,18)19)7-10(13)11(9)14/h6-7H,2-5H2,1H3,(H,16,17)(H2,15,18,19). The number of methoxy groups -OCH3 is 1. The molecule has 0 radical (unpaired) electrons. The van der Waals surface area contributed by atoms with Gasteiger partial charge in [-0.15, -0.1) is 0 Å². The molecule has 118 valence electrons. The lowest BCUT2D eigenvalue weighted by molar-refractivity contribution is 0.0946. The van der Waals surface area contributed by atoms with Gasteiger partial charge in [0.25, 0.3) is 5.91 Å². The molecule has 9 heteroatoms. The fourth-order valence-corrected chi connectivity index (χ4v) is 2.11. The van der Waals surface area contributed by atoms with Crippen LogP contribution in [0, 0.1) is 11.6 Å². The summed E-state index contributed by atoms with van der Waals surface area (Å²) in [5, 5.41) is 7.21. The largest absolute Gasteiger partial charge is 0.385 e. The molecule has 1 rings (SSSR count). The summed E-state index contributed by atoms with van der Waals surface area (Å²) in [6.45, 7) is 0.739. The topological polar surface area (TPSA) is 98.5 Å². The van der Waals surface area contributed by atoms with Crippen molar-refractivity contribution < 1.29 is 26.7 Å². The predicted molar refractivity (Wildman–Crippen MR) is 71.2 cm³/mol. The smallest absolute Gasteiger partial charge is 0.254 e. The first kappa shape index (κ1) is 17.5. The number of halogens is 2. The van der Waals surface area contributed by atoms with Crippen LogP contribution in [0.3, 0.4) is 0 Å². The Morgan fingerprint density at radius 3 is 2.57 bits per heavy atom. The Hall–Kier alpha value is -1.58. The molecule has 0 spiro atoms. The van der Waals surface area contributed by atoms with Gasteiger partial charge < -0.3 is 10.1 Å². The first-order valence-corrected chi connectivity index (χ1v) is 7.61. The minimum atomic E-state index is -4.23. The number of sulfonamides is 1. The van der Waals surface area contributed by atoms with Crippen molar-refractivity contribution in [2.45, 2.75) is 17.7 Å². The summed E-state index contributed by atoms with van der Waals surface area (Å²) in [6.07, 6.45) is 1.27. The highest BCUT2D eigenvalue weighted by Gasteiger charge is 2.20. The quantitative estimate of drug-likeness (QED) is 0.724. The van der Waals surface area contributed by atoms with Gasteiger partial charge in [-0.1, -0.05) is 0 Å². The number of nitrogens with one attached hydrogen (secondary N) is 1. The van der Waals surface area contributed by atoms with E-state index in [1.165, 1.54) is 7.11 Å². The molecule has 1 aromatic rings. The lowest BCUT2D eigenvalue weighted by atomic mass is 10.2. The number of carbonyl (C=O) groups is 1. The van der Waals surface area contributed by atoms with Crippen molar-refractivity contribution in [3.8, 4) is 0 Å². The molecule has 0 aromatic heterocycles. The lowest BCUT2D eigenvalue weighted by Crippen LogP contribution is -2.26. The van der Waals surface area contributed by atoms with E-state index in [-0.39, 0.29) is 6.54 Å². The predicted octanol–water partition coefficient (Wildman–Crippen LogP) is 0.769. The maximum atomic E-state index is 13.6. The molecular weight excluding hydrogens is 306 g/mol. The minimum Gasteiger partial charge on any atom is -0.385 e. The van der Waals surface area contributed by atoms with Crippen LogP contribution in [0.15, 0.2) is 17.0 Å². The molecule has 0 aliphatic rings. The molecular formula is C12H16F2N2O4S. The van der Waals surface area contributed by atoms with Gasteiger partial charge in [0.15, 0.2) is 11.6 Å². The van der Waals surface area contributed by atoms with E-state index in [1.54, 1.807) is 0 Å². The number of unbranched alkanes of at least 4 members (excludes halogenated alkanes) is 1. The molecule has 0 saturated heterocycles. The van der Waals surface area contributed by atoms with E-state index in [9.17, 15) is 22.0 Å². The summed E-state index contributed by atoms with van der Waals surface area (Å²) in [7, 11) is -2.70. The average molecular weight is 322 g/mol. The van der Waals surface area contributed by atoms with Crippen molar-refractivity contribution in [2.24, 2.45) is 5.14 Å². The van der Waals surface area contributed by atoms with Crippen LogP contribution in [-0.4, -0.2) is 34.6 Å². The highest BCUT2D eigenvalue weighted by molar-refractivity contribution is 7.89. The molecule has 21 heavy (non-hydrogen) atoms. The zero-order valence-electron chi connectivity index (χ0n) is 11.4. The van der Waals surface area contributed by atoms with E-state index in [1.807, 2.05) is 0 Å². The average Bonchev–Trinajstić information content (AvgIpc) is 2.40. The van der Waals surface area contributed by atoms with E-state index < -0.39 is 38.0 Å². The number of carbonyl (C=O) groups excluding carboxylic acids is 1. The highest BCUT2D eigenvalue weighted by atomic mass is 32.2. The summed E-state index contributed by atoms with van der Waals surface area (Å²) in [4.78, 5) is 11.1. The van der Waals surface area contributed by atoms with Crippen LogP contribution in [0.2, 0.25) is 0 Å². The zero-order chi connectivity index (χ0) is 16.0. The molecule has 0 atom stereocenters. The fraction of sp³-hybridized carbons (Fsp3) is 0.417. The molecule has 0 aliphatic carbocycles. The lowest BCUT2D eigenvalue weighted by Gasteiger charge is -2.08. The van der Waals surface area contributed by atoms with Gasteiger partial charge in [0.05, 0.1) is 10.5 Å². The van der Waals surface area contributed by atoms with E-state index in [0.29, 0.717) is 31.6 Å². The van der Waals surface area contributed by atoms with Gasteiger partial charge in [-0.05, 0) is 25.0 Å². The number of hydrogen-bond donors (Lipinski definition) is 2. The minimum absolute atomic E-state index is 0.225. The van der Waals surface area contributed by atoms with Crippen molar-refractivity contribution in [2.75, 3.05) is 20.3 Å². The highest BCUT2D eigenvalue weighted by Crippen LogP contribution is 2.18. The van der Waals surface area contributed by atoms with Gasteiger partial charge in [0.2, 0.25) is 10.0 Å². The summed E-state index contributed by atoms with van der Waals surface area (Å²) in [6, 6.07) is 1.14. The second-order valence-corrected chi connectivity index (χ2v) is 5.83. The van der Waals surface area contributed by atoms with Crippen molar-refractivity contribution in [3.63, 3.8) is 0 Å². The maximum Gasteiger partial charge on any atom is 0.254 e. The maximum absolute atomic E-state index is 13.6. The van der Waals surface area contributed by atoms with E-state index in [0.717, 1.165) is 0 Å². The monoisotopic (exact) mass is 322 g/mol. The molecule has 1 aromatic carbocycles. The number of amides is 1.